The number of hydrogen-bond acceptors (Lipinski definition) is 8. The minimum absolute atomic E-state index is 0.0957. The quantitative estimate of drug-likeness (QED) is 0.312. The molecule has 2 fully saturated rings. The zero-order valence-electron chi connectivity index (χ0n) is 22.8. The number of hydrogen-bond donors (Lipinski definition) is 3. The molecule has 2 atom stereocenters. The van der Waals surface area contributed by atoms with Crippen molar-refractivity contribution in [2.75, 3.05) is 36.9 Å². The van der Waals surface area contributed by atoms with E-state index in [-0.39, 0.29) is 28.6 Å². The standard InChI is InChI=1S/C29H31F4N5O4/c1-2-41-22-8-7-19(13-20(22)30)17-3-5-18(6-4-17)25(29(31,32)33)42-24-14-23(36-27(34)37-24)38-11-9-28(10-12-38)15-21(26(39)40)35-16-28/h3-8,13-14,21,25,35H,2,9-12,15-16H2,1H3,(H,39,40)(H2,34,36,37). The third kappa shape index (κ3) is 6.35. The van der Waals surface area contributed by atoms with Gasteiger partial charge in [-0.25, -0.2) is 4.39 Å². The molecule has 3 aromatic rings. The van der Waals surface area contributed by atoms with Crippen molar-refractivity contribution < 1.29 is 36.9 Å². The third-order valence-corrected chi connectivity index (χ3v) is 7.83. The SMILES string of the molecule is CCOc1ccc(-c2ccc(C(Oc3cc(N4CCC5(CC4)CNC(C(=O)O)C5)nc(N)n3)C(F)(F)F)cc2)cc1F. The zero-order valence-corrected chi connectivity index (χ0v) is 22.8. The third-order valence-electron chi connectivity index (χ3n) is 7.83. The van der Waals surface area contributed by atoms with E-state index in [4.69, 9.17) is 15.2 Å². The monoisotopic (exact) mass is 589 g/mol. The van der Waals surface area contributed by atoms with Crippen molar-refractivity contribution in [2.45, 2.75) is 44.5 Å². The molecule has 4 N–H and O–H groups in total. The topological polar surface area (TPSA) is 123 Å². The normalized spacial score (nSPS) is 19.1. The Balaban J connectivity index is 1.31. The Morgan fingerprint density at radius 3 is 2.43 bits per heavy atom. The van der Waals surface area contributed by atoms with E-state index in [0.717, 1.165) is 0 Å². The van der Waals surface area contributed by atoms with Gasteiger partial charge in [0.05, 0.1) is 6.61 Å². The predicted molar refractivity (Wildman–Crippen MR) is 147 cm³/mol. The van der Waals surface area contributed by atoms with Gasteiger partial charge in [0.15, 0.2) is 11.6 Å². The molecule has 0 radical (unpaired) electrons. The van der Waals surface area contributed by atoms with Gasteiger partial charge in [0.25, 0.3) is 0 Å². The van der Waals surface area contributed by atoms with Crippen LogP contribution in [0.1, 0.15) is 37.9 Å². The fourth-order valence-corrected chi connectivity index (χ4v) is 5.58. The molecule has 0 aliphatic carbocycles. The first kappa shape index (κ1) is 29.4. The molecule has 13 heteroatoms. The maximum absolute atomic E-state index is 14.3. The molecule has 2 aliphatic heterocycles. The largest absolute Gasteiger partial charge is 0.491 e. The molecular formula is C29H31F4N5O4. The molecule has 0 saturated carbocycles. The van der Waals surface area contributed by atoms with Gasteiger partial charge in [0, 0.05) is 31.3 Å². The number of alkyl halides is 3. The summed E-state index contributed by atoms with van der Waals surface area (Å²) in [6, 6.07) is 10.6. The van der Waals surface area contributed by atoms with Gasteiger partial charge in [-0.2, -0.15) is 23.1 Å². The van der Waals surface area contributed by atoms with Gasteiger partial charge in [-0.3, -0.25) is 4.79 Å². The van der Waals surface area contributed by atoms with E-state index in [1.807, 2.05) is 4.90 Å². The number of benzene rings is 2. The smallest absolute Gasteiger partial charge is 0.429 e. The van der Waals surface area contributed by atoms with Crippen molar-refractivity contribution in [3.8, 4) is 22.8 Å². The second-order valence-corrected chi connectivity index (χ2v) is 10.6. The van der Waals surface area contributed by atoms with Crippen molar-refractivity contribution in [3.63, 3.8) is 0 Å². The Bertz CT molecular complexity index is 1430. The number of ether oxygens (including phenoxy) is 2. The van der Waals surface area contributed by atoms with Crippen LogP contribution in [0.25, 0.3) is 11.1 Å². The van der Waals surface area contributed by atoms with Crippen molar-refractivity contribution in [3.05, 3.63) is 59.9 Å². The van der Waals surface area contributed by atoms with Crippen LogP contribution in [0.15, 0.2) is 48.5 Å². The lowest BCUT2D eigenvalue weighted by Gasteiger charge is -2.39. The molecule has 9 nitrogen and oxygen atoms in total. The summed E-state index contributed by atoms with van der Waals surface area (Å²) in [6.45, 7) is 3.68. The Morgan fingerprint density at radius 2 is 1.83 bits per heavy atom. The summed E-state index contributed by atoms with van der Waals surface area (Å²) in [5, 5.41) is 12.4. The number of rotatable bonds is 8. The fraction of sp³-hybridized carbons (Fsp3) is 0.414. The molecule has 5 rings (SSSR count). The highest BCUT2D eigenvalue weighted by molar-refractivity contribution is 5.74. The molecule has 42 heavy (non-hydrogen) atoms. The van der Waals surface area contributed by atoms with Crippen LogP contribution < -0.4 is 25.4 Å². The number of aliphatic carboxylic acids is 1. The number of anilines is 2. The molecule has 2 unspecified atom stereocenters. The van der Waals surface area contributed by atoms with Crippen molar-refractivity contribution >= 4 is 17.7 Å². The fourth-order valence-electron chi connectivity index (χ4n) is 5.58. The molecule has 2 aromatic carbocycles. The summed E-state index contributed by atoms with van der Waals surface area (Å²) in [5.41, 5.74) is 6.54. The van der Waals surface area contributed by atoms with E-state index in [0.29, 0.717) is 62.4 Å². The Morgan fingerprint density at radius 1 is 1.14 bits per heavy atom. The molecule has 0 amide bonds. The van der Waals surface area contributed by atoms with Gasteiger partial charge < -0.3 is 30.5 Å². The van der Waals surface area contributed by atoms with E-state index in [1.165, 1.54) is 42.5 Å². The highest BCUT2D eigenvalue weighted by atomic mass is 19.4. The van der Waals surface area contributed by atoms with Crippen LogP contribution in [-0.2, 0) is 4.79 Å². The summed E-state index contributed by atoms with van der Waals surface area (Å²) in [7, 11) is 0. The first-order valence-corrected chi connectivity index (χ1v) is 13.6. The first-order valence-electron chi connectivity index (χ1n) is 13.6. The predicted octanol–water partition coefficient (Wildman–Crippen LogP) is 4.98. The number of carbonyl (C=O) groups is 1. The first-order chi connectivity index (χ1) is 20.0. The van der Waals surface area contributed by atoms with Crippen molar-refractivity contribution in [1.29, 1.82) is 0 Å². The highest BCUT2D eigenvalue weighted by Crippen LogP contribution is 2.41. The maximum atomic E-state index is 14.3. The molecule has 2 saturated heterocycles. The summed E-state index contributed by atoms with van der Waals surface area (Å²) < 4.78 is 67.4. The summed E-state index contributed by atoms with van der Waals surface area (Å²) in [6.07, 6.45) is -5.21. The number of carboxylic acid groups (broad SMARTS) is 1. The second kappa shape index (κ2) is 11.6. The number of aromatic nitrogens is 2. The number of carboxylic acids is 1. The van der Waals surface area contributed by atoms with Crippen LogP contribution in [0.3, 0.4) is 0 Å². The van der Waals surface area contributed by atoms with Gasteiger partial charge >= 0.3 is 12.1 Å². The van der Waals surface area contributed by atoms with E-state index in [9.17, 15) is 27.5 Å². The molecular weight excluding hydrogens is 558 g/mol. The number of nitrogens with one attached hydrogen (secondary N) is 1. The van der Waals surface area contributed by atoms with Crippen LogP contribution in [0.2, 0.25) is 0 Å². The Hall–Kier alpha value is -4.13. The molecule has 2 aliphatic rings. The van der Waals surface area contributed by atoms with Crippen molar-refractivity contribution in [1.82, 2.24) is 15.3 Å². The Labute approximate surface area is 239 Å². The summed E-state index contributed by atoms with van der Waals surface area (Å²) in [5.74, 6) is -1.57. The number of nitrogens with two attached hydrogens (primary N) is 1. The lowest BCUT2D eigenvalue weighted by Crippen LogP contribution is -2.41. The Kier molecular flexibility index (Phi) is 8.13. The van der Waals surface area contributed by atoms with Crippen LogP contribution in [-0.4, -0.2) is 59.5 Å². The van der Waals surface area contributed by atoms with Crippen molar-refractivity contribution in [2.24, 2.45) is 5.41 Å². The molecule has 1 spiro atoms. The molecule has 224 valence electrons. The maximum Gasteiger partial charge on any atom is 0.429 e. The number of nitrogen functional groups attached to an aromatic ring is 1. The average Bonchev–Trinajstić information content (AvgIpc) is 3.36. The van der Waals surface area contributed by atoms with E-state index in [1.54, 1.807) is 13.0 Å². The zero-order chi connectivity index (χ0) is 30.1. The van der Waals surface area contributed by atoms with Gasteiger partial charge in [-0.1, -0.05) is 30.3 Å². The van der Waals surface area contributed by atoms with Gasteiger partial charge in [0.1, 0.15) is 11.9 Å². The van der Waals surface area contributed by atoms with Crippen LogP contribution >= 0.6 is 0 Å². The molecule has 3 heterocycles. The van der Waals surface area contributed by atoms with Gasteiger partial charge in [-0.05, 0) is 54.9 Å². The van der Waals surface area contributed by atoms with Crippen LogP contribution in [0.4, 0.5) is 29.3 Å². The number of nitrogens with zero attached hydrogens (tertiary/aromatic N) is 3. The van der Waals surface area contributed by atoms with Crippen LogP contribution in [0, 0.1) is 11.2 Å². The molecule has 1 aromatic heterocycles. The lowest BCUT2D eigenvalue weighted by atomic mass is 9.76. The number of piperidine rings is 1. The van der Waals surface area contributed by atoms with E-state index in [2.05, 4.69) is 15.3 Å². The van der Waals surface area contributed by atoms with Gasteiger partial charge in [-0.15, -0.1) is 0 Å². The van der Waals surface area contributed by atoms with Crippen LogP contribution in [0.5, 0.6) is 11.6 Å². The number of halogens is 4. The van der Waals surface area contributed by atoms with Gasteiger partial charge in [0.2, 0.25) is 17.9 Å². The minimum Gasteiger partial charge on any atom is -0.491 e. The molecule has 0 bridgehead atoms. The second-order valence-electron chi connectivity index (χ2n) is 10.6. The summed E-state index contributed by atoms with van der Waals surface area (Å²) in [4.78, 5) is 21.4. The minimum atomic E-state index is -4.78. The summed E-state index contributed by atoms with van der Waals surface area (Å²) >= 11 is 0. The van der Waals surface area contributed by atoms with E-state index >= 15 is 0 Å². The van der Waals surface area contributed by atoms with E-state index < -0.39 is 30.1 Å². The highest BCUT2D eigenvalue weighted by Gasteiger charge is 2.45. The lowest BCUT2D eigenvalue weighted by molar-refractivity contribution is -0.198. The average molecular weight is 590 g/mol.